The van der Waals surface area contributed by atoms with E-state index in [4.69, 9.17) is 4.99 Å². The minimum atomic E-state index is 0.185. The molecule has 0 radical (unpaired) electrons. The van der Waals surface area contributed by atoms with E-state index in [0.717, 1.165) is 28.1 Å². The number of hydrogen-bond acceptors (Lipinski definition) is 3. The molecule has 0 bridgehead atoms. The van der Waals surface area contributed by atoms with Crippen molar-refractivity contribution in [1.82, 2.24) is 5.32 Å². The van der Waals surface area contributed by atoms with Crippen molar-refractivity contribution in [3.63, 3.8) is 0 Å². The first-order valence-electron chi connectivity index (χ1n) is 8.22. The number of carbonyl (C=O) groups is 1. The van der Waals surface area contributed by atoms with Gasteiger partial charge in [-0.15, -0.1) is 0 Å². The molecular formula is C21H26N2O2. The minimum absolute atomic E-state index is 0.185. The van der Waals surface area contributed by atoms with E-state index in [2.05, 4.69) is 11.9 Å². The van der Waals surface area contributed by atoms with E-state index < -0.39 is 0 Å². The third-order valence-corrected chi connectivity index (χ3v) is 3.81. The zero-order chi connectivity index (χ0) is 18.8. The van der Waals surface area contributed by atoms with Crippen LogP contribution >= 0.6 is 0 Å². The molecule has 132 valence electrons. The summed E-state index contributed by atoms with van der Waals surface area (Å²) in [7, 11) is 0. The van der Waals surface area contributed by atoms with Crippen molar-refractivity contribution in [3.05, 3.63) is 71.5 Å². The summed E-state index contributed by atoms with van der Waals surface area (Å²) in [5.41, 5.74) is 5.12. The van der Waals surface area contributed by atoms with Gasteiger partial charge < -0.3 is 10.4 Å². The summed E-state index contributed by atoms with van der Waals surface area (Å²) in [4.78, 5) is 15.6. The normalized spacial score (nSPS) is 13.6. The maximum absolute atomic E-state index is 10.9. The average molecular weight is 338 g/mol. The van der Waals surface area contributed by atoms with Gasteiger partial charge in [-0.2, -0.15) is 0 Å². The fraction of sp³-hybridized carbons (Fsp3) is 0.238. The molecule has 25 heavy (non-hydrogen) atoms. The van der Waals surface area contributed by atoms with E-state index in [9.17, 15) is 9.90 Å². The Labute approximate surface area is 150 Å². The molecule has 0 saturated carbocycles. The maximum Gasteiger partial charge on any atom is 0.211 e. The highest BCUT2D eigenvalue weighted by Crippen LogP contribution is 2.26. The van der Waals surface area contributed by atoms with E-state index in [-0.39, 0.29) is 5.75 Å². The quantitative estimate of drug-likeness (QED) is 0.403. The molecule has 0 fully saturated rings. The Balaban J connectivity index is 3.54. The van der Waals surface area contributed by atoms with Gasteiger partial charge in [0.05, 0.1) is 5.69 Å². The fourth-order valence-electron chi connectivity index (χ4n) is 2.41. The number of allylic oxidation sites excluding steroid dienone is 5. The third kappa shape index (κ3) is 5.60. The van der Waals surface area contributed by atoms with Gasteiger partial charge in [-0.25, -0.2) is 0 Å². The monoisotopic (exact) mass is 338 g/mol. The molecule has 0 aliphatic carbocycles. The highest BCUT2D eigenvalue weighted by Gasteiger charge is 2.10. The molecule has 2 N–H and O–H groups in total. The standard InChI is InChI=1S/C21H26N2O2/c1-6-9-10-18(20(8-3)22-14-24)16(5)19(7-2)23-21-13-17(25)12-11-15(21)4/h6,8-14,25H,1,7H2,2-5H3,(H,22,24)/b10-9-,18-16+,20-8+,23-19?. The van der Waals surface area contributed by atoms with Crippen LogP contribution in [0.4, 0.5) is 5.69 Å². The number of rotatable bonds is 8. The second-order valence-electron chi connectivity index (χ2n) is 5.48. The predicted molar refractivity (Wildman–Crippen MR) is 105 cm³/mol. The van der Waals surface area contributed by atoms with Crippen molar-refractivity contribution in [3.8, 4) is 5.75 Å². The molecule has 0 aliphatic rings. The Kier molecular flexibility index (Phi) is 8.13. The first-order valence-corrected chi connectivity index (χ1v) is 8.22. The van der Waals surface area contributed by atoms with Gasteiger partial charge >= 0.3 is 0 Å². The topological polar surface area (TPSA) is 61.7 Å². The number of amides is 1. The molecular weight excluding hydrogens is 312 g/mol. The molecule has 1 aromatic carbocycles. The van der Waals surface area contributed by atoms with Crippen molar-refractivity contribution in [2.75, 3.05) is 0 Å². The predicted octanol–water partition coefficient (Wildman–Crippen LogP) is 4.89. The summed E-state index contributed by atoms with van der Waals surface area (Å²) in [5, 5.41) is 12.4. The molecule has 0 unspecified atom stereocenters. The molecule has 0 atom stereocenters. The Hall–Kier alpha value is -2.88. The van der Waals surface area contributed by atoms with Crippen LogP contribution in [0.3, 0.4) is 0 Å². The number of carbonyl (C=O) groups excluding carboxylic acids is 1. The van der Waals surface area contributed by atoms with Crippen LogP contribution in [0.25, 0.3) is 0 Å². The molecule has 0 saturated heterocycles. The number of aromatic hydroxyl groups is 1. The average Bonchev–Trinajstić information content (AvgIpc) is 2.61. The van der Waals surface area contributed by atoms with Crippen molar-refractivity contribution in [1.29, 1.82) is 0 Å². The third-order valence-electron chi connectivity index (χ3n) is 3.81. The van der Waals surface area contributed by atoms with Crippen molar-refractivity contribution in [2.45, 2.75) is 34.1 Å². The first-order chi connectivity index (χ1) is 12.0. The zero-order valence-electron chi connectivity index (χ0n) is 15.3. The summed E-state index contributed by atoms with van der Waals surface area (Å²) >= 11 is 0. The molecule has 1 rings (SSSR count). The number of benzene rings is 1. The number of aliphatic imine (C=N–C) groups is 1. The summed E-state index contributed by atoms with van der Waals surface area (Å²) in [6, 6.07) is 5.13. The van der Waals surface area contributed by atoms with E-state index in [0.29, 0.717) is 18.5 Å². The number of nitrogens with zero attached hydrogens (tertiary/aromatic N) is 1. The highest BCUT2D eigenvalue weighted by atomic mass is 16.3. The first kappa shape index (κ1) is 20.2. The van der Waals surface area contributed by atoms with Gasteiger partial charge in [0.25, 0.3) is 0 Å². The van der Waals surface area contributed by atoms with Gasteiger partial charge in [-0.3, -0.25) is 9.79 Å². The van der Waals surface area contributed by atoms with E-state index in [1.807, 2.05) is 52.0 Å². The molecule has 0 heterocycles. The van der Waals surface area contributed by atoms with Crippen LogP contribution < -0.4 is 5.32 Å². The summed E-state index contributed by atoms with van der Waals surface area (Å²) in [5.74, 6) is 0.185. The molecule has 4 nitrogen and oxygen atoms in total. The zero-order valence-corrected chi connectivity index (χ0v) is 15.3. The SMILES string of the molecule is C=C\C=C/C(C(=C\C)/NC=O)=C(/C)C(CC)=Nc1cc(O)ccc1C. The Morgan fingerprint density at radius 1 is 1.40 bits per heavy atom. The van der Waals surface area contributed by atoms with Crippen molar-refractivity contribution >= 4 is 17.8 Å². The largest absolute Gasteiger partial charge is 0.508 e. The molecule has 1 amide bonds. The van der Waals surface area contributed by atoms with Gasteiger partial charge in [-0.05, 0) is 44.4 Å². The second kappa shape index (κ2) is 10.1. The van der Waals surface area contributed by atoms with Gasteiger partial charge in [0, 0.05) is 23.0 Å². The van der Waals surface area contributed by atoms with E-state index >= 15 is 0 Å². The summed E-state index contributed by atoms with van der Waals surface area (Å²) in [6.07, 6.45) is 8.62. The van der Waals surface area contributed by atoms with Crippen LogP contribution in [0.5, 0.6) is 5.75 Å². The van der Waals surface area contributed by atoms with Crippen LogP contribution in [0.15, 0.2) is 70.9 Å². The van der Waals surface area contributed by atoms with Crippen molar-refractivity contribution in [2.24, 2.45) is 4.99 Å². The lowest BCUT2D eigenvalue weighted by Crippen LogP contribution is -2.14. The lowest BCUT2D eigenvalue weighted by Gasteiger charge is -2.14. The lowest BCUT2D eigenvalue weighted by atomic mass is 9.99. The molecule has 0 aromatic heterocycles. The Morgan fingerprint density at radius 3 is 2.68 bits per heavy atom. The number of aryl methyl sites for hydroxylation is 1. The number of phenols is 1. The highest BCUT2D eigenvalue weighted by molar-refractivity contribution is 6.02. The number of nitrogens with one attached hydrogen (secondary N) is 1. The van der Waals surface area contributed by atoms with Crippen LogP contribution in [-0.2, 0) is 4.79 Å². The minimum Gasteiger partial charge on any atom is -0.508 e. The molecule has 0 aliphatic heterocycles. The van der Waals surface area contributed by atoms with E-state index in [1.54, 1.807) is 18.2 Å². The second-order valence-corrected chi connectivity index (χ2v) is 5.48. The van der Waals surface area contributed by atoms with Gasteiger partial charge in [-0.1, -0.05) is 43.9 Å². The summed E-state index contributed by atoms with van der Waals surface area (Å²) in [6.45, 7) is 11.5. The van der Waals surface area contributed by atoms with Crippen molar-refractivity contribution < 1.29 is 9.90 Å². The van der Waals surface area contributed by atoms with E-state index in [1.165, 1.54) is 0 Å². The number of phenolic OH excluding ortho intramolecular Hbond substituents is 1. The fourth-order valence-corrected chi connectivity index (χ4v) is 2.41. The van der Waals surface area contributed by atoms with Gasteiger partial charge in [0.2, 0.25) is 6.41 Å². The smallest absolute Gasteiger partial charge is 0.211 e. The Bertz CT molecular complexity index is 753. The van der Waals surface area contributed by atoms with Gasteiger partial charge in [0.1, 0.15) is 5.75 Å². The number of hydrogen-bond donors (Lipinski definition) is 2. The van der Waals surface area contributed by atoms with Crippen LogP contribution in [0.1, 0.15) is 32.8 Å². The van der Waals surface area contributed by atoms with Crippen LogP contribution in [0, 0.1) is 6.92 Å². The molecule has 1 aromatic rings. The maximum atomic E-state index is 10.9. The van der Waals surface area contributed by atoms with Crippen LogP contribution in [0.2, 0.25) is 0 Å². The molecule has 4 heteroatoms. The van der Waals surface area contributed by atoms with Gasteiger partial charge in [0.15, 0.2) is 0 Å². The Morgan fingerprint density at radius 2 is 2.12 bits per heavy atom. The summed E-state index contributed by atoms with van der Waals surface area (Å²) < 4.78 is 0. The van der Waals surface area contributed by atoms with Crippen LogP contribution in [-0.4, -0.2) is 17.2 Å². The molecule has 0 spiro atoms. The lowest BCUT2D eigenvalue weighted by molar-refractivity contribution is -0.108.